The summed E-state index contributed by atoms with van der Waals surface area (Å²) < 4.78 is 0. The summed E-state index contributed by atoms with van der Waals surface area (Å²) in [5, 5.41) is 9.76. The van der Waals surface area contributed by atoms with Crippen LogP contribution in [-0.4, -0.2) is 34.1 Å². The van der Waals surface area contributed by atoms with Gasteiger partial charge in [-0.2, -0.15) is 0 Å². The van der Waals surface area contributed by atoms with Crippen LogP contribution in [-0.2, 0) is 4.79 Å². The van der Waals surface area contributed by atoms with E-state index in [0.29, 0.717) is 5.92 Å². The smallest absolute Gasteiger partial charge is 0.252 e. The number of amides is 1. The van der Waals surface area contributed by atoms with Crippen LogP contribution in [0.5, 0.6) is 0 Å². The number of aliphatic hydroxyl groups excluding tert-OH is 1. The predicted molar refractivity (Wildman–Crippen MR) is 47.0 cm³/mol. The second-order valence-corrected chi connectivity index (χ2v) is 4.83. The van der Waals surface area contributed by atoms with Crippen LogP contribution in [0.15, 0.2) is 0 Å². The van der Waals surface area contributed by atoms with Crippen molar-refractivity contribution in [3.8, 4) is 0 Å². The van der Waals surface area contributed by atoms with Gasteiger partial charge in [0.1, 0.15) is 6.10 Å². The summed E-state index contributed by atoms with van der Waals surface area (Å²) in [4.78, 5) is 13.6. The Morgan fingerprint density at radius 1 is 1.46 bits per heavy atom. The Hall–Kier alpha value is -0.570. The largest absolute Gasteiger partial charge is 0.383 e. The Bertz CT molecular complexity index is 278. The van der Waals surface area contributed by atoms with Crippen LogP contribution >= 0.6 is 0 Å². The molecule has 2 saturated heterocycles. The van der Waals surface area contributed by atoms with Crippen molar-refractivity contribution in [2.75, 3.05) is 6.54 Å². The van der Waals surface area contributed by atoms with Crippen molar-refractivity contribution in [1.29, 1.82) is 0 Å². The summed E-state index contributed by atoms with van der Waals surface area (Å²) in [6.45, 7) is 3.03. The molecule has 0 aromatic carbocycles. The van der Waals surface area contributed by atoms with Crippen LogP contribution in [0.2, 0.25) is 0 Å². The molecule has 0 spiro atoms. The maximum Gasteiger partial charge on any atom is 0.252 e. The molecule has 1 amide bonds. The van der Waals surface area contributed by atoms with Gasteiger partial charge in [-0.25, -0.2) is 0 Å². The highest BCUT2D eigenvalue weighted by Gasteiger charge is 2.64. The van der Waals surface area contributed by atoms with Gasteiger partial charge in [0, 0.05) is 18.0 Å². The van der Waals surface area contributed by atoms with E-state index in [0.717, 1.165) is 19.4 Å². The van der Waals surface area contributed by atoms with E-state index >= 15 is 0 Å². The topological polar surface area (TPSA) is 40.5 Å². The second-order valence-electron chi connectivity index (χ2n) is 4.83. The van der Waals surface area contributed by atoms with Crippen molar-refractivity contribution < 1.29 is 9.90 Å². The maximum atomic E-state index is 11.7. The second kappa shape index (κ2) is 2.08. The first-order chi connectivity index (χ1) is 6.15. The Morgan fingerprint density at radius 3 is 3.00 bits per heavy atom. The van der Waals surface area contributed by atoms with E-state index in [1.54, 1.807) is 0 Å². The van der Waals surface area contributed by atoms with Gasteiger partial charge in [-0.1, -0.05) is 0 Å². The molecule has 3 rings (SSSR count). The van der Waals surface area contributed by atoms with Crippen LogP contribution < -0.4 is 0 Å². The highest BCUT2D eigenvalue weighted by atomic mass is 16.3. The highest BCUT2D eigenvalue weighted by Crippen LogP contribution is 2.55. The first kappa shape index (κ1) is 7.80. The number of hydrogen-bond acceptors (Lipinski definition) is 2. The molecule has 3 fully saturated rings. The molecule has 0 aromatic rings. The first-order valence-corrected chi connectivity index (χ1v) is 5.15. The lowest BCUT2D eigenvalue weighted by molar-refractivity contribution is -0.136. The molecule has 3 heteroatoms. The molecule has 1 aliphatic carbocycles. The number of hydrogen-bond donors (Lipinski definition) is 1. The Balaban J connectivity index is 2.10. The average Bonchev–Trinajstić information content (AvgIpc) is 2.62. The van der Waals surface area contributed by atoms with Crippen LogP contribution in [0.1, 0.15) is 26.2 Å². The fraction of sp³-hybridized carbons (Fsp3) is 0.900. The summed E-state index contributed by atoms with van der Waals surface area (Å²) in [6.07, 6.45) is 2.67. The van der Waals surface area contributed by atoms with E-state index < -0.39 is 6.10 Å². The van der Waals surface area contributed by atoms with E-state index in [1.807, 2.05) is 4.90 Å². The van der Waals surface area contributed by atoms with Gasteiger partial charge in [-0.15, -0.1) is 0 Å². The van der Waals surface area contributed by atoms with Gasteiger partial charge in [0.25, 0.3) is 5.91 Å². The quantitative estimate of drug-likeness (QED) is 0.587. The Kier molecular flexibility index (Phi) is 1.25. The first-order valence-electron chi connectivity index (χ1n) is 5.15. The standard InChI is InChI=1S/C10H15NO2/c1-10-6-2-3-7(10)8(12)9(13)11(10)5-4-6/h6-8,12H,2-5H2,1H3/t6-,7+,8+,10+/m0/s1. The van der Waals surface area contributed by atoms with Gasteiger partial charge < -0.3 is 10.0 Å². The number of nitrogens with zero attached hydrogens (tertiary/aromatic N) is 1. The minimum Gasteiger partial charge on any atom is -0.383 e. The summed E-state index contributed by atoms with van der Waals surface area (Å²) in [6, 6.07) is 0. The molecule has 0 aromatic heterocycles. The molecule has 72 valence electrons. The number of carbonyl (C=O) groups excluding carboxylic acids is 1. The molecule has 1 N–H and O–H groups in total. The van der Waals surface area contributed by atoms with Crippen LogP contribution in [0.25, 0.3) is 0 Å². The third-order valence-electron chi connectivity index (χ3n) is 4.59. The van der Waals surface area contributed by atoms with E-state index in [-0.39, 0.29) is 17.4 Å². The van der Waals surface area contributed by atoms with Crippen molar-refractivity contribution >= 4 is 5.91 Å². The lowest BCUT2D eigenvalue weighted by atomic mass is 9.84. The third kappa shape index (κ3) is 0.654. The molecule has 3 nitrogen and oxygen atoms in total. The fourth-order valence-corrected chi connectivity index (χ4v) is 3.81. The fourth-order valence-electron chi connectivity index (χ4n) is 3.81. The lowest BCUT2D eigenvalue weighted by Crippen LogP contribution is -2.42. The van der Waals surface area contributed by atoms with Gasteiger partial charge in [-0.05, 0) is 32.1 Å². The molecular formula is C10H15NO2. The zero-order chi connectivity index (χ0) is 9.22. The normalized spacial score (nSPS) is 53.2. The van der Waals surface area contributed by atoms with Gasteiger partial charge in [0.2, 0.25) is 0 Å². The van der Waals surface area contributed by atoms with Gasteiger partial charge in [0.15, 0.2) is 0 Å². The van der Waals surface area contributed by atoms with Gasteiger partial charge in [-0.3, -0.25) is 4.79 Å². The molecule has 0 unspecified atom stereocenters. The van der Waals surface area contributed by atoms with Crippen molar-refractivity contribution in [2.45, 2.75) is 37.8 Å². The van der Waals surface area contributed by atoms with E-state index in [9.17, 15) is 9.90 Å². The van der Waals surface area contributed by atoms with E-state index in [2.05, 4.69) is 6.92 Å². The molecule has 2 aliphatic heterocycles. The average molecular weight is 181 g/mol. The van der Waals surface area contributed by atoms with Crippen molar-refractivity contribution in [2.24, 2.45) is 11.8 Å². The van der Waals surface area contributed by atoms with Crippen molar-refractivity contribution in [3.63, 3.8) is 0 Å². The predicted octanol–water partition coefficient (Wildman–Crippen LogP) is 0.378. The summed E-state index contributed by atoms with van der Waals surface area (Å²) >= 11 is 0. The van der Waals surface area contributed by atoms with Crippen LogP contribution in [0, 0.1) is 11.8 Å². The molecule has 0 radical (unpaired) electrons. The maximum absolute atomic E-state index is 11.7. The summed E-state index contributed by atoms with van der Waals surface area (Å²) in [5.41, 5.74) is 0.0104. The number of rotatable bonds is 0. The molecule has 4 atom stereocenters. The van der Waals surface area contributed by atoms with E-state index in [1.165, 1.54) is 6.42 Å². The molecule has 13 heavy (non-hydrogen) atoms. The van der Waals surface area contributed by atoms with Crippen molar-refractivity contribution in [1.82, 2.24) is 4.90 Å². The summed E-state index contributed by atoms with van der Waals surface area (Å²) in [5.74, 6) is 0.848. The molecule has 1 saturated carbocycles. The summed E-state index contributed by atoms with van der Waals surface area (Å²) in [7, 11) is 0. The van der Waals surface area contributed by atoms with Crippen LogP contribution in [0.3, 0.4) is 0 Å². The molecular weight excluding hydrogens is 166 g/mol. The highest BCUT2D eigenvalue weighted by molar-refractivity contribution is 5.85. The zero-order valence-corrected chi connectivity index (χ0v) is 7.86. The lowest BCUT2D eigenvalue weighted by Gasteiger charge is -2.31. The SMILES string of the molecule is C[C@@]12[C@H]3CC[C@@H]1[C@@H](O)C(=O)N2CC3. The minimum absolute atomic E-state index is 0.0104. The third-order valence-corrected chi connectivity index (χ3v) is 4.59. The number of aliphatic hydroxyl groups is 1. The van der Waals surface area contributed by atoms with Gasteiger partial charge in [0.05, 0.1) is 0 Å². The molecule has 0 bridgehead atoms. The molecule has 2 heterocycles. The van der Waals surface area contributed by atoms with Crippen LogP contribution in [0.4, 0.5) is 0 Å². The monoisotopic (exact) mass is 181 g/mol. The van der Waals surface area contributed by atoms with Gasteiger partial charge >= 0.3 is 0 Å². The molecule has 3 aliphatic rings. The minimum atomic E-state index is -0.699. The zero-order valence-electron chi connectivity index (χ0n) is 7.86. The van der Waals surface area contributed by atoms with E-state index in [4.69, 9.17) is 0 Å². The van der Waals surface area contributed by atoms with Crippen molar-refractivity contribution in [3.05, 3.63) is 0 Å². The number of carbonyl (C=O) groups is 1. The Labute approximate surface area is 77.7 Å². The Morgan fingerprint density at radius 2 is 2.23 bits per heavy atom.